The zero-order valence-corrected chi connectivity index (χ0v) is 15.8. The van der Waals surface area contributed by atoms with E-state index >= 15 is 0 Å². The first-order valence-corrected chi connectivity index (χ1v) is 9.53. The molecule has 0 aromatic carbocycles. The van der Waals surface area contributed by atoms with Crippen molar-refractivity contribution in [1.29, 1.82) is 5.26 Å². The summed E-state index contributed by atoms with van der Waals surface area (Å²) in [5.41, 5.74) is 2.03. The van der Waals surface area contributed by atoms with Crippen molar-refractivity contribution in [2.45, 2.75) is 71.3 Å². The molecule has 1 aromatic heterocycles. The maximum Gasteiger partial charge on any atom is 0.266 e. The van der Waals surface area contributed by atoms with Gasteiger partial charge in [-0.1, -0.05) is 19.3 Å². The number of aryl methyl sites for hydroxylation is 1. The van der Waals surface area contributed by atoms with Crippen molar-refractivity contribution in [3.63, 3.8) is 0 Å². The van der Waals surface area contributed by atoms with Crippen LogP contribution in [0.2, 0.25) is 0 Å². The summed E-state index contributed by atoms with van der Waals surface area (Å²) in [5.74, 6) is -0.0221. The summed E-state index contributed by atoms with van der Waals surface area (Å²) in [4.78, 5) is 26.5. The minimum absolute atomic E-state index is 0.0221. The van der Waals surface area contributed by atoms with Gasteiger partial charge < -0.3 is 15.0 Å². The summed E-state index contributed by atoms with van der Waals surface area (Å²) in [7, 11) is 0. The van der Waals surface area contributed by atoms with Gasteiger partial charge in [-0.3, -0.25) is 9.59 Å². The molecule has 6 heteroatoms. The predicted molar refractivity (Wildman–Crippen MR) is 100 cm³/mol. The number of aromatic amines is 1. The van der Waals surface area contributed by atoms with E-state index in [4.69, 9.17) is 10.00 Å². The number of nitrogens with one attached hydrogen (secondary N) is 2. The molecule has 0 unspecified atom stereocenters. The highest BCUT2D eigenvalue weighted by atomic mass is 16.5. The fraction of sp³-hybridized carbons (Fsp3) is 0.650. The van der Waals surface area contributed by atoms with Crippen LogP contribution in [0.5, 0.6) is 0 Å². The number of nitrogens with zero attached hydrogens (tertiary/aromatic N) is 1. The smallest absolute Gasteiger partial charge is 0.266 e. The van der Waals surface area contributed by atoms with E-state index in [2.05, 4.69) is 10.3 Å². The van der Waals surface area contributed by atoms with Gasteiger partial charge in [0.2, 0.25) is 5.91 Å². The van der Waals surface area contributed by atoms with Gasteiger partial charge in [-0.25, -0.2) is 0 Å². The number of H-pyrrole nitrogens is 1. The molecular formula is C20H29N3O3. The Morgan fingerprint density at radius 1 is 1.31 bits per heavy atom. The van der Waals surface area contributed by atoms with Gasteiger partial charge in [-0.15, -0.1) is 0 Å². The first-order chi connectivity index (χ1) is 12.5. The molecule has 0 radical (unpaired) electrons. The lowest BCUT2D eigenvalue weighted by molar-refractivity contribution is -0.121. The van der Waals surface area contributed by atoms with Crippen LogP contribution >= 0.6 is 0 Å². The molecule has 0 spiro atoms. The standard InChI is InChI=1S/C20H29N3O3/c1-14-17(15(2)23-20(25)18(14)13-21)9-10-19(24)22-11-6-12-26-16-7-4-3-5-8-16/h16H,3-12H2,1-2H3,(H,22,24)(H,23,25). The molecule has 1 aliphatic carbocycles. The van der Waals surface area contributed by atoms with E-state index in [1.54, 1.807) is 13.8 Å². The van der Waals surface area contributed by atoms with E-state index < -0.39 is 0 Å². The molecule has 1 aromatic rings. The first kappa shape index (κ1) is 20.2. The number of nitriles is 1. The second-order valence-corrected chi connectivity index (χ2v) is 7.00. The molecule has 0 aliphatic heterocycles. The van der Waals surface area contributed by atoms with E-state index in [1.807, 2.05) is 6.07 Å². The average Bonchev–Trinajstić information content (AvgIpc) is 2.62. The lowest BCUT2D eigenvalue weighted by Crippen LogP contribution is -2.27. The second kappa shape index (κ2) is 10.1. The van der Waals surface area contributed by atoms with E-state index in [9.17, 15) is 9.59 Å². The Hall–Kier alpha value is -2.13. The summed E-state index contributed by atoms with van der Waals surface area (Å²) in [6, 6.07) is 1.94. The number of amides is 1. The van der Waals surface area contributed by atoms with Gasteiger partial charge in [0.05, 0.1) is 6.10 Å². The zero-order chi connectivity index (χ0) is 18.9. The topological polar surface area (TPSA) is 95.0 Å². The van der Waals surface area contributed by atoms with E-state index in [1.165, 1.54) is 19.3 Å². The van der Waals surface area contributed by atoms with Gasteiger partial charge in [-0.05, 0) is 50.7 Å². The SMILES string of the molecule is Cc1[nH]c(=O)c(C#N)c(C)c1CCC(=O)NCCCOC1CCCCC1. The average molecular weight is 359 g/mol. The van der Waals surface area contributed by atoms with Crippen molar-refractivity contribution in [2.75, 3.05) is 13.2 Å². The van der Waals surface area contributed by atoms with E-state index in [-0.39, 0.29) is 17.0 Å². The normalized spacial score (nSPS) is 14.8. The fourth-order valence-electron chi connectivity index (χ4n) is 3.53. The zero-order valence-electron chi connectivity index (χ0n) is 15.8. The van der Waals surface area contributed by atoms with Crippen LogP contribution in [0.15, 0.2) is 4.79 Å². The minimum Gasteiger partial charge on any atom is -0.378 e. The molecule has 0 saturated heterocycles. The highest BCUT2D eigenvalue weighted by Gasteiger charge is 2.14. The number of carbonyl (C=O) groups is 1. The Morgan fingerprint density at radius 2 is 2.04 bits per heavy atom. The Morgan fingerprint density at radius 3 is 2.73 bits per heavy atom. The van der Waals surface area contributed by atoms with Crippen LogP contribution in [0.3, 0.4) is 0 Å². The van der Waals surface area contributed by atoms with Crippen LogP contribution < -0.4 is 10.9 Å². The molecule has 26 heavy (non-hydrogen) atoms. The van der Waals surface area contributed by atoms with Gasteiger partial charge >= 0.3 is 0 Å². The van der Waals surface area contributed by atoms with Crippen LogP contribution in [0.25, 0.3) is 0 Å². The number of rotatable bonds is 8. The van der Waals surface area contributed by atoms with Crippen LogP contribution in [0.4, 0.5) is 0 Å². The van der Waals surface area contributed by atoms with Crippen molar-refractivity contribution in [2.24, 2.45) is 0 Å². The third-order valence-corrected chi connectivity index (χ3v) is 5.07. The number of hydrogen-bond acceptors (Lipinski definition) is 4. The number of hydrogen-bond donors (Lipinski definition) is 2. The number of pyridine rings is 1. The second-order valence-electron chi connectivity index (χ2n) is 7.00. The summed E-state index contributed by atoms with van der Waals surface area (Å²) in [6.45, 7) is 4.86. The summed E-state index contributed by atoms with van der Waals surface area (Å²) >= 11 is 0. The predicted octanol–water partition coefficient (Wildman–Crippen LogP) is 2.65. The lowest BCUT2D eigenvalue weighted by Gasteiger charge is -2.21. The van der Waals surface area contributed by atoms with Gasteiger partial charge in [0.25, 0.3) is 5.56 Å². The number of aromatic nitrogens is 1. The maximum atomic E-state index is 12.0. The molecule has 142 valence electrons. The van der Waals surface area contributed by atoms with Crippen molar-refractivity contribution < 1.29 is 9.53 Å². The van der Waals surface area contributed by atoms with Crippen molar-refractivity contribution in [3.8, 4) is 6.07 Å². The van der Waals surface area contributed by atoms with E-state index in [0.29, 0.717) is 37.7 Å². The van der Waals surface area contributed by atoms with Crippen LogP contribution in [0.1, 0.15) is 67.3 Å². The van der Waals surface area contributed by atoms with Gasteiger partial charge in [0, 0.05) is 25.3 Å². The minimum atomic E-state index is -0.367. The summed E-state index contributed by atoms with van der Waals surface area (Å²) < 4.78 is 5.85. The highest BCUT2D eigenvalue weighted by molar-refractivity contribution is 5.76. The van der Waals surface area contributed by atoms with E-state index in [0.717, 1.165) is 30.5 Å². The lowest BCUT2D eigenvalue weighted by atomic mass is 9.98. The quantitative estimate of drug-likeness (QED) is 0.698. The Balaban J connectivity index is 1.70. The Labute approximate surface area is 154 Å². The van der Waals surface area contributed by atoms with Gasteiger partial charge in [0.15, 0.2) is 0 Å². The van der Waals surface area contributed by atoms with Crippen molar-refractivity contribution in [1.82, 2.24) is 10.3 Å². The van der Waals surface area contributed by atoms with Crippen LogP contribution in [-0.4, -0.2) is 30.1 Å². The Bertz CT molecular complexity index is 712. The van der Waals surface area contributed by atoms with Gasteiger partial charge in [-0.2, -0.15) is 5.26 Å². The number of carbonyl (C=O) groups excluding carboxylic acids is 1. The molecule has 1 aliphatic rings. The monoisotopic (exact) mass is 359 g/mol. The molecule has 1 fully saturated rings. The molecular weight excluding hydrogens is 330 g/mol. The largest absolute Gasteiger partial charge is 0.378 e. The van der Waals surface area contributed by atoms with Crippen LogP contribution in [0, 0.1) is 25.2 Å². The molecule has 0 bridgehead atoms. The van der Waals surface area contributed by atoms with Crippen molar-refractivity contribution >= 4 is 5.91 Å². The molecule has 2 rings (SSSR count). The van der Waals surface area contributed by atoms with Crippen molar-refractivity contribution in [3.05, 3.63) is 32.7 Å². The van der Waals surface area contributed by atoms with Crippen LogP contribution in [-0.2, 0) is 16.0 Å². The molecule has 2 N–H and O–H groups in total. The summed E-state index contributed by atoms with van der Waals surface area (Å²) in [6.07, 6.45) is 8.23. The maximum absolute atomic E-state index is 12.0. The molecule has 0 atom stereocenters. The first-order valence-electron chi connectivity index (χ1n) is 9.53. The molecule has 1 amide bonds. The Kier molecular flexibility index (Phi) is 7.86. The molecule has 1 heterocycles. The molecule has 1 saturated carbocycles. The third-order valence-electron chi connectivity index (χ3n) is 5.07. The summed E-state index contributed by atoms with van der Waals surface area (Å²) in [5, 5.41) is 12.0. The number of ether oxygens (including phenoxy) is 1. The van der Waals surface area contributed by atoms with Gasteiger partial charge in [0.1, 0.15) is 11.6 Å². The third kappa shape index (κ3) is 5.70. The fourth-order valence-corrected chi connectivity index (χ4v) is 3.53. The molecule has 6 nitrogen and oxygen atoms in total. The highest BCUT2D eigenvalue weighted by Crippen LogP contribution is 2.20.